The summed E-state index contributed by atoms with van der Waals surface area (Å²) in [7, 11) is 0. The third kappa shape index (κ3) is 5.07. The first-order chi connectivity index (χ1) is 17.2. The molecule has 1 amide bonds. The third-order valence-corrected chi connectivity index (χ3v) is 6.09. The van der Waals surface area contributed by atoms with E-state index >= 15 is 0 Å². The number of esters is 1. The highest BCUT2D eigenvalue weighted by atomic mass is 16.5. The fourth-order valence-electron chi connectivity index (χ4n) is 4.36. The molecule has 0 fully saturated rings. The molecule has 4 nitrogen and oxygen atoms in total. The molecule has 0 bridgehead atoms. The molecule has 0 saturated carbocycles. The lowest BCUT2D eigenvalue weighted by molar-refractivity contribution is -0.135. The molecule has 0 radical (unpaired) electrons. The van der Waals surface area contributed by atoms with Crippen molar-refractivity contribution in [3.63, 3.8) is 0 Å². The Morgan fingerprint density at radius 1 is 0.600 bits per heavy atom. The van der Waals surface area contributed by atoms with Crippen LogP contribution in [0.15, 0.2) is 115 Å². The molecule has 35 heavy (non-hydrogen) atoms. The predicted octanol–water partition coefficient (Wildman–Crippen LogP) is 6.38. The minimum Gasteiger partial charge on any atom is -0.452 e. The summed E-state index contributed by atoms with van der Waals surface area (Å²) < 4.78 is 5.63. The smallest absolute Gasteiger partial charge is 0.339 e. The van der Waals surface area contributed by atoms with Crippen molar-refractivity contribution in [2.75, 3.05) is 6.61 Å². The molecular weight excluding hydrogens is 434 g/mol. The molecule has 0 heterocycles. The topological polar surface area (TPSA) is 46.6 Å². The first-order valence-corrected chi connectivity index (χ1v) is 11.6. The van der Waals surface area contributed by atoms with Crippen LogP contribution in [-0.4, -0.2) is 23.4 Å². The van der Waals surface area contributed by atoms with E-state index in [4.69, 9.17) is 4.74 Å². The zero-order chi connectivity index (χ0) is 24.0. The highest BCUT2D eigenvalue weighted by molar-refractivity contribution is 6.16. The fraction of sp³-hybridized carbons (Fsp3) is 0.0968. The third-order valence-electron chi connectivity index (χ3n) is 6.09. The largest absolute Gasteiger partial charge is 0.452 e. The van der Waals surface area contributed by atoms with Crippen LogP contribution in [0.2, 0.25) is 0 Å². The van der Waals surface area contributed by atoms with Crippen LogP contribution in [0.3, 0.4) is 0 Å². The standard InChI is InChI=1S/C31H25NO3/c33-29(32(20-23-11-3-1-4-12-23)21-24-13-5-2-6-14-24)22-35-31(34)30-27-17-9-7-15-25(27)19-26-16-8-10-18-28(26)30/h1-19H,20-22H2. The zero-order valence-corrected chi connectivity index (χ0v) is 19.3. The Bertz CT molecular complexity index is 1380. The van der Waals surface area contributed by atoms with E-state index in [1.807, 2.05) is 109 Å². The summed E-state index contributed by atoms with van der Waals surface area (Å²) >= 11 is 0. The molecular formula is C31H25NO3. The average molecular weight is 460 g/mol. The van der Waals surface area contributed by atoms with Crippen molar-refractivity contribution in [3.05, 3.63) is 132 Å². The van der Waals surface area contributed by atoms with Crippen LogP contribution < -0.4 is 0 Å². The van der Waals surface area contributed by atoms with Gasteiger partial charge in [-0.1, -0.05) is 109 Å². The van der Waals surface area contributed by atoms with Crippen LogP contribution in [-0.2, 0) is 22.6 Å². The number of nitrogens with zero attached hydrogens (tertiary/aromatic N) is 1. The van der Waals surface area contributed by atoms with Gasteiger partial charge in [-0.2, -0.15) is 0 Å². The van der Waals surface area contributed by atoms with Crippen LogP contribution in [0.25, 0.3) is 21.5 Å². The number of fused-ring (bicyclic) bond motifs is 2. The van der Waals surface area contributed by atoms with Crippen LogP contribution in [0.1, 0.15) is 21.5 Å². The predicted molar refractivity (Wildman–Crippen MR) is 139 cm³/mol. The van der Waals surface area contributed by atoms with Gasteiger partial charge in [-0.05, 0) is 38.7 Å². The number of amides is 1. The number of carbonyl (C=O) groups excluding carboxylic acids is 2. The maximum atomic E-state index is 13.3. The summed E-state index contributed by atoms with van der Waals surface area (Å²) in [6.45, 7) is 0.544. The monoisotopic (exact) mass is 459 g/mol. The van der Waals surface area contributed by atoms with Gasteiger partial charge in [0.1, 0.15) is 0 Å². The molecule has 0 aromatic heterocycles. The molecule has 0 aliphatic heterocycles. The maximum absolute atomic E-state index is 13.3. The van der Waals surface area contributed by atoms with Gasteiger partial charge in [0, 0.05) is 13.1 Å². The van der Waals surface area contributed by atoms with Gasteiger partial charge in [0.2, 0.25) is 0 Å². The molecule has 5 aromatic carbocycles. The molecule has 5 aromatic rings. The summed E-state index contributed by atoms with van der Waals surface area (Å²) in [5.74, 6) is -0.735. The highest BCUT2D eigenvalue weighted by Crippen LogP contribution is 2.29. The van der Waals surface area contributed by atoms with Crippen molar-refractivity contribution < 1.29 is 14.3 Å². The summed E-state index contributed by atoms with van der Waals surface area (Å²) in [5, 5.41) is 3.54. The first kappa shape index (κ1) is 22.4. The Hall–Kier alpha value is -4.44. The molecule has 0 aliphatic carbocycles. The number of benzene rings is 5. The van der Waals surface area contributed by atoms with E-state index in [0.717, 1.165) is 32.7 Å². The molecule has 5 rings (SSSR count). The van der Waals surface area contributed by atoms with Gasteiger partial charge in [0.05, 0.1) is 5.56 Å². The van der Waals surface area contributed by atoms with Crippen molar-refractivity contribution in [2.24, 2.45) is 0 Å². The second-order valence-corrected chi connectivity index (χ2v) is 8.49. The van der Waals surface area contributed by atoms with Crippen molar-refractivity contribution >= 4 is 33.4 Å². The quantitative estimate of drug-likeness (QED) is 0.210. The normalized spacial score (nSPS) is 10.9. The maximum Gasteiger partial charge on any atom is 0.339 e. The Labute approximate surface area is 204 Å². The van der Waals surface area contributed by atoms with E-state index in [1.54, 1.807) is 4.90 Å². The number of rotatable bonds is 7. The molecule has 4 heteroatoms. The van der Waals surface area contributed by atoms with E-state index in [2.05, 4.69) is 6.07 Å². The van der Waals surface area contributed by atoms with Crippen LogP contribution >= 0.6 is 0 Å². The average Bonchev–Trinajstić information content (AvgIpc) is 2.91. The Balaban J connectivity index is 1.39. The Morgan fingerprint density at radius 2 is 1.06 bits per heavy atom. The van der Waals surface area contributed by atoms with Crippen molar-refractivity contribution in [2.45, 2.75) is 13.1 Å². The Kier molecular flexibility index (Phi) is 6.53. The minimum atomic E-state index is -0.495. The van der Waals surface area contributed by atoms with Gasteiger partial charge in [0.15, 0.2) is 6.61 Å². The lowest BCUT2D eigenvalue weighted by Crippen LogP contribution is -2.34. The van der Waals surface area contributed by atoms with Crippen LogP contribution in [0.5, 0.6) is 0 Å². The molecule has 0 spiro atoms. The summed E-state index contributed by atoms with van der Waals surface area (Å²) in [5.41, 5.74) is 2.52. The van der Waals surface area contributed by atoms with E-state index < -0.39 is 5.97 Å². The molecule has 172 valence electrons. The van der Waals surface area contributed by atoms with Crippen LogP contribution in [0.4, 0.5) is 0 Å². The Morgan fingerprint density at radius 3 is 1.57 bits per heavy atom. The summed E-state index contributed by atoms with van der Waals surface area (Å²) in [6, 6.07) is 37.2. The lowest BCUT2D eigenvalue weighted by Gasteiger charge is -2.23. The van der Waals surface area contributed by atoms with Crippen LogP contribution in [0, 0.1) is 0 Å². The number of hydrogen-bond acceptors (Lipinski definition) is 3. The van der Waals surface area contributed by atoms with Gasteiger partial charge >= 0.3 is 5.97 Å². The zero-order valence-electron chi connectivity index (χ0n) is 19.3. The lowest BCUT2D eigenvalue weighted by atomic mass is 9.97. The van der Waals surface area contributed by atoms with E-state index in [1.165, 1.54) is 0 Å². The molecule has 0 saturated heterocycles. The van der Waals surface area contributed by atoms with Gasteiger partial charge < -0.3 is 9.64 Å². The highest BCUT2D eigenvalue weighted by Gasteiger charge is 2.20. The van der Waals surface area contributed by atoms with E-state index in [0.29, 0.717) is 18.7 Å². The SMILES string of the molecule is O=C(OCC(=O)N(Cc1ccccc1)Cc1ccccc1)c1c2ccccc2cc2ccccc12. The fourth-order valence-corrected chi connectivity index (χ4v) is 4.36. The van der Waals surface area contributed by atoms with Gasteiger partial charge in [-0.15, -0.1) is 0 Å². The summed E-state index contributed by atoms with van der Waals surface area (Å²) in [6.07, 6.45) is 0. The number of hydrogen-bond donors (Lipinski definition) is 0. The first-order valence-electron chi connectivity index (χ1n) is 11.6. The van der Waals surface area contributed by atoms with Crippen molar-refractivity contribution in [1.82, 2.24) is 4.90 Å². The van der Waals surface area contributed by atoms with E-state index in [-0.39, 0.29) is 12.5 Å². The number of carbonyl (C=O) groups is 2. The minimum absolute atomic E-state index is 0.240. The van der Waals surface area contributed by atoms with Gasteiger partial charge in [-0.25, -0.2) is 4.79 Å². The molecule has 0 N–H and O–H groups in total. The molecule has 0 unspecified atom stereocenters. The van der Waals surface area contributed by atoms with Crippen molar-refractivity contribution in [1.29, 1.82) is 0 Å². The molecule has 0 aliphatic rings. The van der Waals surface area contributed by atoms with Gasteiger partial charge in [0.25, 0.3) is 5.91 Å². The van der Waals surface area contributed by atoms with Gasteiger partial charge in [-0.3, -0.25) is 4.79 Å². The second-order valence-electron chi connectivity index (χ2n) is 8.49. The van der Waals surface area contributed by atoms with E-state index in [9.17, 15) is 9.59 Å². The summed E-state index contributed by atoms with van der Waals surface area (Å²) in [4.78, 5) is 28.3. The van der Waals surface area contributed by atoms with Crippen molar-refractivity contribution in [3.8, 4) is 0 Å². The number of ether oxygens (including phenoxy) is 1. The second kappa shape index (κ2) is 10.2. The molecule has 0 atom stereocenters.